The summed E-state index contributed by atoms with van der Waals surface area (Å²) in [7, 11) is 0. The first-order valence-corrected chi connectivity index (χ1v) is 6.36. The Bertz CT molecular complexity index is 379. The monoisotopic (exact) mass is 279 g/mol. The van der Waals surface area contributed by atoms with Crippen molar-refractivity contribution in [2.24, 2.45) is 17.8 Å². The first kappa shape index (κ1) is 14.1. The summed E-state index contributed by atoms with van der Waals surface area (Å²) in [4.78, 5) is 23.4. The minimum atomic E-state index is -4.44. The molecule has 2 fully saturated rings. The molecule has 0 spiro atoms. The summed E-state index contributed by atoms with van der Waals surface area (Å²) in [5.41, 5.74) is 0. The third-order valence-corrected chi connectivity index (χ3v) is 3.81. The lowest BCUT2D eigenvalue weighted by atomic mass is 9.85. The number of carboxylic acids is 1. The Morgan fingerprint density at radius 2 is 1.84 bits per heavy atom. The van der Waals surface area contributed by atoms with Crippen molar-refractivity contribution < 1.29 is 27.9 Å². The van der Waals surface area contributed by atoms with Crippen molar-refractivity contribution in [3.63, 3.8) is 0 Å². The molecule has 108 valence electrons. The van der Waals surface area contributed by atoms with Gasteiger partial charge in [-0.25, -0.2) is 0 Å². The molecule has 0 aliphatic heterocycles. The number of alkyl halides is 3. The molecule has 0 saturated heterocycles. The summed E-state index contributed by atoms with van der Waals surface area (Å²) < 4.78 is 37.4. The quantitative estimate of drug-likeness (QED) is 0.836. The summed E-state index contributed by atoms with van der Waals surface area (Å²) in [6, 6.07) is 0. The molecule has 2 saturated carbocycles. The van der Waals surface area contributed by atoms with Gasteiger partial charge in [0, 0.05) is 6.54 Å². The molecule has 2 atom stereocenters. The van der Waals surface area contributed by atoms with E-state index in [2.05, 4.69) is 0 Å². The standard InChI is InChI=1S/C12H16F3NO3/c13-12(14,15)6-16(5-7-2-1-3-7)10(17)8-4-9(8)11(18)19/h7-9H,1-6H2,(H,18,19)/t8-,9+/m0/s1. The number of carboxylic acid groups (broad SMARTS) is 1. The molecule has 2 rings (SSSR count). The molecule has 0 aromatic carbocycles. The topological polar surface area (TPSA) is 57.6 Å². The van der Waals surface area contributed by atoms with Gasteiger partial charge in [-0.15, -0.1) is 0 Å². The van der Waals surface area contributed by atoms with E-state index < -0.39 is 36.4 Å². The molecule has 1 amide bonds. The number of hydrogen-bond acceptors (Lipinski definition) is 2. The molecule has 0 unspecified atom stereocenters. The van der Waals surface area contributed by atoms with Crippen LogP contribution in [-0.2, 0) is 9.59 Å². The van der Waals surface area contributed by atoms with Crippen molar-refractivity contribution in [1.82, 2.24) is 4.90 Å². The van der Waals surface area contributed by atoms with Crippen LogP contribution in [0.15, 0.2) is 0 Å². The minimum absolute atomic E-state index is 0.0984. The van der Waals surface area contributed by atoms with Crippen LogP contribution in [0.4, 0.5) is 13.2 Å². The van der Waals surface area contributed by atoms with E-state index in [0.29, 0.717) is 0 Å². The van der Waals surface area contributed by atoms with Crippen molar-refractivity contribution in [3.8, 4) is 0 Å². The van der Waals surface area contributed by atoms with E-state index in [9.17, 15) is 22.8 Å². The number of hydrogen-bond donors (Lipinski definition) is 1. The molecule has 19 heavy (non-hydrogen) atoms. The van der Waals surface area contributed by atoms with Gasteiger partial charge < -0.3 is 10.0 Å². The summed E-state index contributed by atoms with van der Waals surface area (Å²) in [6.07, 6.45) is -1.61. The number of carbonyl (C=O) groups excluding carboxylic acids is 1. The zero-order chi connectivity index (χ0) is 14.2. The van der Waals surface area contributed by atoms with Gasteiger partial charge in [-0.05, 0) is 25.2 Å². The summed E-state index contributed by atoms with van der Waals surface area (Å²) in [5, 5.41) is 8.73. The van der Waals surface area contributed by atoms with E-state index >= 15 is 0 Å². The van der Waals surface area contributed by atoms with Gasteiger partial charge in [-0.1, -0.05) is 6.42 Å². The van der Waals surface area contributed by atoms with E-state index in [1.54, 1.807) is 0 Å². The average molecular weight is 279 g/mol. The van der Waals surface area contributed by atoms with Crippen molar-refractivity contribution in [2.45, 2.75) is 31.9 Å². The molecule has 4 nitrogen and oxygen atoms in total. The van der Waals surface area contributed by atoms with E-state index in [0.717, 1.165) is 24.2 Å². The smallest absolute Gasteiger partial charge is 0.406 e. The second-order valence-corrected chi connectivity index (χ2v) is 5.42. The predicted molar refractivity (Wildman–Crippen MR) is 59.2 cm³/mol. The third-order valence-electron chi connectivity index (χ3n) is 3.81. The molecule has 0 bridgehead atoms. The van der Waals surface area contributed by atoms with Crippen LogP contribution in [0.3, 0.4) is 0 Å². The highest BCUT2D eigenvalue weighted by Crippen LogP contribution is 2.41. The summed E-state index contributed by atoms with van der Waals surface area (Å²) in [5.74, 6) is -3.19. The maximum Gasteiger partial charge on any atom is 0.406 e. The van der Waals surface area contributed by atoms with Gasteiger partial charge in [0.25, 0.3) is 0 Å². The van der Waals surface area contributed by atoms with Gasteiger partial charge in [0.15, 0.2) is 0 Å². The van der Waals surface area contributed by atoms with Crippen LogP contribution in [0.25, 0.3) is 0 Å². The van der Waals surface area contributed by atoms with E-state index in [1.807, 2.05) is 0 Å². The van der Waals surface area contributed by atoms with Gasteiger partial charge in [-0.3, -0.25) is 9.59 Å². The molecule has 0 heterocycles. The molecular formula is C12H16F3NO3. The number of nitrogens with zero attached hydrogens (tertiary/aromatic N) is 1. The summed E-state index contributed by atoms with van der Waals surface area (Å²) >= 11 is 0. The van der Waals surface area contributed by atoms with Crippen molar-refractivity contribution in [2.75, 3.05) is 13.1 Å². The molecule has 0 aromatic rings. The first-order chi connectivity index (χ1) is 8.78. The average Bonchev–Trinajstić information content (AvgIpc) is 2.98. The highest BCUT2D eigenvalue weighted by atomic mass is 19.4. The molecular weight excluding hydrogens is 263 g/mol. The first-order valence-electron chi connectivity index (χ1n) is 6.36. The maximum atomic E-state index is 12.5. The minimum Gasteiger partial charge on any atom is -0.481 e. The zero-order valence-electron chi connectivity index (χ0n) is 10.3. The molecule has 0 aromatic heterocycles. The Labute approximate surface area is 108 Å². The molecule has 7 heteroatoms. The Morgan fingerprint density at radius 3 is 2.21 bits per heavy atom. The fourth-order valence-corrected chi connectivity index (χ4v) is 2.41. The highest BCUT2D eigenvalue weighted by molar-refractivity contribution is 5.89. The van der Waals surface area contributed by atoms with E-state index in [1.165, 1.54) is 0 Å². The molecule has 1 N–H and O–H groups in total. The Kier molecular flexibility index (Phi) is 3.73. The summed E-state index contributed by atoms with van der Waals surface area (Å²) in [6.45, 7) is -1.17. The number of carbonyl (C=O) groups is 2. The predicted octanol–water partition coefficient (Wildman–Crippen LogP) is 1.90. The van der Waals surface area contributed by atoms with Crippen molar-refractivity contribution in [1.29, 1.82) is 0 Å². The lowest BCUT2D eigenvalue weighted by molar-refractivity contribution is -0.164. The highest BCUT2D eigenvalue weighted by Gasteiger charge is 2.51. The normalized spacial score (nSPS) is 26.7. The van der Waals surface area contributed by atoms with Gasteiger partial charge in [-0.2, -0.15) is 13.2 Å². The van der Waals surface area contributed by atoms with Crippen LogP contribution in [0, 0.1) is 17.8 Å². The zero-order valence-corrected chi connectivity index (χ0v) is 10.3. The molecule has 0 radical (unpaired) electrons. The van der Waals surface area contributed by atoms with Crippen LogP contribution < -0.4 is 0 Å². The lowest BCUT2D eigenvalue weighted by Crippen LogP contribution is -2.44. The van der Waals surface area contributed by atoms with Crippen LogP contribution >= 0.6 is 0 Å². The SMILES string of the molecule is O=C(O)[C@@H]1C[C@@H]1C(=O)N(CC1CCC1)CC(F)(F)F. The fraction of sp³-hybridized carbons (Fsp3) is 0.833. The Balaban J connectivity index is 1.95. The fourth-order valence-electron chi connectivity index (χ4n) is 2.41. The van der Waals surface area contributed by atoms with Crippen LogP contribution in [-0.4, -0.2) is 41.1 Å². The third kappa shape index (κ3) is 3.61. The maximum absolute atomic E-state index is 12.5. The Hall–Kier alpha value is -1.27. The van der Waals surface area contributed by atoms with Gasteiger partial charge >= 0.3 is 12.1 Å². The van der Waals surface area contributed by atoms with Crippen molar-refractivity contribution >= 4 is 11.9 Å². The van der Waals surface area contributed by atoms with E-state index in [-0.39, 0.29) is 18.9 Å². The van der Waals surface area contributed by atoms with Crippen LogP contribution in [0.2, 0.25) is 0 Å². The van der Waals surface area contributed by atoms with Gasteiger partial charge in [0.1, 0.15) is 6.54 Å². The number of rotatable bonds is 5. The molecule has 2 aliphatic carbocycles. The van der Waals surface area contributed by atoms with Crippen LogP contribution in [0.1, 0.15) is 25.7 Å². The number of halogens is 3. The second kappa shape index (κ2) is 5.02. The lowest BCUT2D eigenvalue weighted by Gasteiger charge is -2.33. The number of aliphatic carboxylic acids is 1. The van der Waals surface area contributed by atoms with Crippen LogP contribution in [0.5, 0.6) is 0 Å². The largest absolute Gasteiger partial charge is 0.481 e. The van der Waals surface area contributed by atoms with Gasteiger partial charge in [0.05, 0.1) is 11.8 Å². The molecule has 2 aliphatic rings. The van der Waals surface area contributed by atoms with Gasteiger partial charge in [0.2, 0.25) is 5.91 Å². The Morgan fingerprint density at radius 1 is 1.21 bits per heavy atom. The van der Waals surface area contributed by atoms with Crippen molar-refractivity contribution in [3.05, 3.63) is 0 Å². The van der Waals surface area contributed by atoms with E-state index in [4.69, 9.17) is 5.11 Å². The second-order valence-electron chi connectivity index (χ2n) is 5.42. The number of amides is 1.